The number of ether oxygens (including phenoxy) is 1. The molecule has 1 amide bonds. The van der Waals surface area contributed by atoms with E-state index in [9.17, 15) is 4.79 Å². The van der Waals surface area contributed by atoms with Crippen molar-refractivity contribution in [1.82, 2.24) is 19.9 Å². The molecular formula is C25H21ClN8O2S2. The minimum atomic E-state index is -0.222. The third-order valence-corrected chi connectivity index (χ3v) is 7.28. The lowest BCUT2D eigenvalue weighted by atomic mass is 10.2. The Morgan fingerprint density at radius 1 is 1.11 bits per heavy atom. The number of rotatable bonds is 10. The molecule has 0 saturated heterocycles. The summed E-state index contributed by atoms with van der Waals surface area (Å²) in [5, 5.41) is 16.6. The Bertz CT molecular complexity index is 1550. The summed E-state index contributed by atoms with van der Waals surface area (Å²) in [4.78, 5) is 16.8. The number of fused-ring (bicyclic) bond motifs is 1. The normalized spacial score (nSPS) is 11.2. The maximum atomic E-state index is 12.4. The zero-order valence-electron chi connectivity index (χ0n) is 19.7. The fourth-order valence-electron chi connectivity index (χ4n) is 3.28. The first-order valence-electron chi connectivity index (χ1n) is 11.3. The Balaban J connectivity index is 1.14. The maximum Gasteiger partial charge on any atom is 0.264 e. The molecule has 2 aromatic heterocycles. The topological polar surface area (TPSA) is 132 Å². The second-order valence-electron chi connectivity index (χ2n) is 7.82. The molecule has 2 heterocycles. The van der Waals surface area contributed by atoms with Gasteiger partial charge in [0.1, 0.15) is 12.4 Å². The summed E-state index contributed by atoms with van der Waals surface area (Å²) < 4.78 is 8.18. The molecule has 0 fully saturated rings. The van der Waals surface area contributed by atoms with Gasteiger partial charge >= 0.3 is 0 Å². The molecule has 0 atom stereocenters. The van der Waals surface area contributed by atoms with E-state index in [-0.39, 0.29) is 17.6 Å². The number of para-hydroxylation sites is 2. The number of nitrogens with one attached hydrogen (secondary N) is 2. The Labute approximate surface area is 230 Å². The third kappa shape index (κ3) is 6.40. The number of amides is 1. The van der Waals surface area contributed by atoms with Crippen LogP contribution in [0.1, 0.15) is 11.1 Å². The number of thioether (sulfide) groups is 1. The highest BCUT2D eigenvalue weighted by atomic mass is 35.5. The molecule has 0 aliphatic rings. The minimum Gasteiger partial charge on any atom is -0.488 e. The number of anilines is 2. The number of nitrogen functional groups attached to an aromatic ring is 1. The van der Waals surface area contributed by atoms with Gasteiger partial charge in [-0.3, -0.25) is 4.79 Å². The van der Waals surface area contributed by atoms with E-state index in [0.29, 0.717) is 27.7 Å². The molecule has 0 radical (unpaired) electrons. The van der Waals surface area contributed by atoms with Crippen LogP contribution in [0, 0.1) is 0 Å². The van der Waals surface area contributed by atoms with E-state index >= 15 is 0 Å². The highest BCUT2D eigenvalue weighted by Gasteiger charge is 2.13. The average molecular weight is 565 g/mol. The van der Waals surface area contributed by atoms with Crippen LogP contribution in [0.25, 0.3) is 10.2 Å². The number of hydrazone groups is 1. The largest absolute Gasteiger partial charge is 0.488 e. The van der Waals surface area contributed by atoms with Crippen molar-refractivity contribution < 1.29 is 9.53 Å². The number of carbonyl (C=O) groups is 1. The number of hydrogen-bond acceptors (Lipinski definition) is 10. The van der Waals surface area contributed by atoms with E-state index < -0.39 is 0 Å². The molecule has 0 bridgehead atoms. The van der Waals surface area contributed by atoms with Crippen LogP contribution in [0.2, 0.25) is 5.02 Å². The standard InChI is InChI=1S/C25H21ClN8O2S2/c26-18-11-9-16(10-12-18)14-36-20-7-3-1-5-17(20)13-28-31-23-32-33-25(34(23)27)37-15-22(35)30-24-29-19-6-2-4-8-21(19)38-24/h1-13H,14-15,27H2,(H,31,32)(H,29,30,35)/b28-13+. The molecule has 0 aliphatic carbocycles. The quantitative estimate of drug-likeness (QED) is 0.0933. The van der Waals surface area contributed by atoms with Crippen molar-refractivity contribution >= 4 is 68.1 Å². The first kappa shape index (κ1) is 25.5. The van der Waals surface area contributed by atoms with Crippen LogP contribution in [-0.4, -0.2) is 37.7 Å². The fourth-order valence-corrected chi connectivity index (χ4v) is 4.95. The van der Waals surface area contributed by atoms with Gasteiger partial charge in [0.15, 0.2) is 5.13 Å². The molecule has 0 spiro atoms. The third-order valence-electron chi connectivity index (χ3n) is 5.13. The van der Waals surface area contributed by atoms with E-state index in [0.717, 1.165) is 33.1 Å². The summed E-state index contributed by atoms with van der Waals surface area (Å²) in [6.07, 6.45) is 1.60. The molecular weight excluding hydrogens is 544 g/mol. The molecule has 3 aromatic carbocycles. The van der Waals surface area contributed by atoms with Crippen molar-refractivity contribution in [2.45, 2.75) is 11.8 Å². The number of halogens is 1. The molecule has 4 N–H and O–H groups in total. The van der Waals surface area contributed by atoms with Crippen molar-refractivity contribution in [3.8, 4) is 5.75 Å². The lowest BCUT2D eigenvalue weighted by Gasteiger charge is -2.09. The van der Waals surface area contributed by atoms with Gasteiger partial charge in [0.2, 0.25) is 11.1 Å². The SMILES string of the molecule is Nn1c(N/N=C/c2ccccc2OCc2ccc(Cl)cc2)nnc1SCC(=O)Nc1nc2ccccc2s1. The van der Waals surface area contributed by atoms with Gasteiger partial charge in [-0.25, -0.2) is 15.1 Å². The second kappa shape index (κ2) is 11.9. The second-order valence-corrected chi connectivity index (χ2v) is 10.2. The minimum absolute atomic E-state index is 0.0901. The summed E-state index contributed by atoms with van der Waals surface area (Å²) in [5.41, 5.74) is 5.37. The number of aromatic nitrogens is 4. The van der Waals surface area contributed by atoms with Gasteiger partial charge in [0.25, 0.3) is 5.95 Å². The van der Waals surface area contributed by atoms with Gasteiger partial charge in [-0.15, -0.1) is 10.2 Å². The molecule has 38 heavy (non-hydrogen) atoms. The highest BCUT2D eigenvalue weighted by molar-refractivity contribution is 7.99. The average Bonchev–Trinajstić information content (AvgIpc) is 3.50. The molecule has 10 nitrogen and oxygen atoms in total. The van der Waals surface area contributed by atoms with E-state index in [4.69, 9.17) is 22.2 Å². The van der Waals surface area contributed by atoms with Gasteiger partial charge in [0.05, 0.1) is 22.2 Å². The molecule has 192 valence electrons. The van der Waals surface area contributed by atoms with Gasteiger partial charge in [-0.05, 0) is 42.0 Å². The van der Waals surface area contributed by atoms with Crippen LogP contribution in [0.4, 0.5) is 11.1 Å². The first-order chi connectivity index (χ1) is 18.5. The first-order valence-corrected chi connectivity index (χ1v) is 13.5. The van der Waals surface area contributed by atoms with E-state index in [2.05, 4.69) is 31.0 Å². The van der Waals surface area contributed by atoms with Crippen LogP contribution in [0.5, 0.6) is 5.75 Å². The lowest BCUT2D eigenvalue weighted by Crippen LogP contribution is -2.16. The Morgan fingerprint density at radius 3 is 2.74 bits per heavy atom. The number of nitrogens with two attached hydrogens (primary N) is 1. The van der Waals surface area contributed by atoms with Crippen LogP contribution in [-0.2, 0) is 11.4 Å². The van der Waals surface area contributed by atoms with Gasteiger partial charge in [-0.2, -0.15) is 5.10 Å². The van der Waals surface area contributed by atoms with Crippen molar-refractivity contribution in [2.24, 2.45) is 5.10 Å². The number of nitrogens with zero attached hydrogens (tertiary/aromatic N) is 5. The molecule has 0 unspecified atom stereocenters. The Hall–Kier alpha value is -4.13. The zero-order valence-corrected chi connectivity index (χ0v) is 22.1. The summed E-state index contributed by atoms with van der Waals surface area (Å²) in [6, 6.07) is 22.7. The lowest BCUT2D eigenvalue weighted by molar-refractivity contribution is -0.113. The molecule has 13 heteroatoms. The van der Waals surface area contributed by atoms with Gasteiger partial charge in [-0.1, -0.05) is 71.1 Å². The summed E-state index contributed by atoms with van der Waals surface area (Å²) in [7, 11) is 0. The van der Waals surface area contributed by atoms with Crippen LogP contribution in [0.15, 0.2) is 83.1 Å². The fraction of sp³-hybridized carbons (Fsp3) is 0.0800. The highest BCUT2D eigenvalue weighted by Crippen LogP contribution is 2.26. The summed E-state index contributed by atoms with van der Waals surface area (Å²) in [5.74, 6) is 6.83. The molecule has 5 rings (SSSR count). The smallest absolute Gasteiger partial charge is 0.264 e. The van der Waals surface area contributed by atoms with Crippen LogP contribution >= 0.6 is 34.7 Å². The van der Waals surface area contributed by atoms with Crippen molar-refractivity contribution in [3.63, 3.8) is 0 Å². The zero-order chi connectivity index (χ0) is 26.3. The maximum absolute atomic E-state index is 12.4. The number of thiazole rings is 1. The monoisotopic (exact) mass is 564 g/mol. The van der Waals surface area contributed by atoms with Crippen molar-refractivity contribution in [3.05, 3.63) is 88.9 Å². The number of hydrogen-bond donors (Lipinski definition) is 3. The Morgan fingerprint density at radius 2 is 1.89 bits per heavy atom. The summed E-state index contributed by atoms with van der Waals surface area (Å²) >= 11 is 8.51. The number of benzene rings is 3. The number of carbonyl (C=O) groups excluding carboxylic acids is 1. The van der Waals surface area contributed by atoms with Crippen LogP contribution in [0.3, 0.4) is 0 Å². The van der Waals surface area contributed by atoms with Crippen molar-refractivity contribution in [1.29, 1.82) is 0 Å². The van der Waals surface area contributed by atoms with Gasteiger partial charge in [0, 0.05) is 10.6 Å². The van der Waals surface area contributed by atoms with E-state index in [1.807, 2.05) is 72.8 Å². The molecule has 0 aliphatic heterocycles. The predicted molar refractivity (Wildman–Crippen MR) is 153 cm³/mol. The van der Waals surface area contributed by atoms with E-state index in [1.165, 1.54) is 16.0 Å². The van der Waals surface area contributed by atoms with E-state index in [1.54, 1.807) is 6.21 Å². The van der Waals surface area contributed by atoms with Crippen LogP contribution < -0.4 is 21.3 Å². The Kier molecular flexibility index (Phi) is 8.02. The predicted octanol–water partition coefficient (Wildman–Crippen LogP) is 5.01. The molecule has 5 aromatic rings. The van der Waals surface area contributed by atoms with Gasteiger partial charge < -0.3 is 15.9 Å². The molecule has 0 saturated carbocycles. The summed E-state index contributed by atoms with van der Waals surface area (Å²) in [6.45, 7) is 0.389. The van der Waals surface area contributed by atoms with Crippen molar-refractivity contribution in [2.75, 3.05) is 22.3 Å².